The number of nitrogens with zero attached hydrogens (tertiary/aromatic N) is 1. The number of sulfone groups is 1. The topological polar surface area (TPSA) is 89.0 Å². The molecule has 29 heavy (non-hydrogen) atoms. The van der Waals surface area contributed by atoms with Crippen molar-refractivity contribution in [1.82, 2.24) is 10.6 Å². The zero-order chi connectivity index (χ0) is 20.8. The molecule has 0 aromatic heterocycles. The molecule has 1 saturated heterocycles. The van der Waals surface area contributed by atoms with Crippen LogP contribution in [0.2, 0.25) is 0 Å². The van der Waals surface area contributed by atoms with Gasteiger partial charge in [0.1, 0.15) is 0 Å². The quantitative estimate of drug-likeness (QED) is 0.308. The fourth-order valence-electron chi connectivity index (χ4n) is 2.68. The van der Waals surface area contributed by atoms with Crippen LogP contribution in [-0.2, 0) is 16.4 Å². The highest BCUT2D eigenvalue weighted by Crippen LogP contribution is 2.30. The molecule has 1 aliphatic rings. The summed E-state index contributed by atoms with van der Waals surface area (Å²) in [4.78, 5) is 4.41. The molecule has 1 aromatic carbocycles. The molecule has 1 atom stereocenters. The van der Waals surface area contributed by atoms with Gasteiger partial charge in [0, 0.05) is 12.6 Å². The lowest BCUT2D eigenvalue weighted by molar-refractivity contribution is -0.153. The summed E-state index contributed by atoms with van der Waals surface area (Å²) < 4.78 is 70.0. The Bertz CT molecular complexity index is 804. The maximum absolute atomic E-state index is 12.3. The van der Waals surface area contributed by atoms with Crippen molar-refractivity contribution in [2.75, 3.05) is 31.8 Å². The molecule has 1 aromatic rings. The molecule has 0 radical (unpaired) electrons. The molecule has 0 amide bonds. The highest BCUT2D eigenvalue weighted by Gasteiger charge is 2.29. The van der Waals surface area contributed by atoms with Crippen molar-refractivity contribution >= 4 is 39.8 Å². The van der Waals surface area contributed by atoms with Crippen LogP contribution in [0.5, 0.6) is 11.5 Å². The molecule has 2 rings (SSSR count). The Kier molecular flexibility index (Phi) is 9.79. The lowest BCUT2D eigenvalue weighted by Crippen LogP contribution is -2.44. The van der Waals surface area contributed by atoms with Gasteiger partial charge in [-0.2, -0.15) is 13.2 Å². The number of ether oxygens (including phenoxy) is 2. The van der Waals surface area contributed by atoms with Gasteiger partial charge in [-0.05, 0) is 31.0 Å². The number of halogens is 4. The first-order valence-electron chi connectivity index (χ1n) is 8.73. The largest absolute Gasteiger partial charge is 0.493 e. The molecule has 1 unspecified atom stereocenters. The van der Waals surface area contributed by atoms with Crippen LogP contribution in [0.4, 0.5) is 13.2 Å². The number of hydrogen-bond acceptors (Lipinski definition) is 5. The number of guanidine groups is 1. The second-order valence-electron chi connectivity index (χ2n) is 6.33. The molecule has 1 heterocycles. The van der Waals surface area contributed by atoms with E-state index in [0.717, 1.165) is 0 Å². The van der Waals surface area contributed by atoms with Gasteiger partial charge < -0.3 is 20.1 Å². The Hall–Kier alpha value is -1.44. The van der Waals surface area contributed by atoms with E-state index >= 15 is 0 Å². The maximum Gasteiger partial charge on any atom is 0.422 e. The lowest BCUT2D eigenvalue weighted by Gasteiger charge is -2.16. The van der Waals surface area contributed by atoms with E-state index < -0.39 is 22.6 Å². The summed E-state index contributed by atoms with van der Waals surface area (Å²) >= 11 is 0. The third-order valence-corrected chi connectivity index (χ3v) is 5.72. The first-order valence-corrected chi connectivity index (χ1v) is 10.6. The summed E-state index contributed by atoms with van der Waals surface area (Å²) in [6.07, 6.45) is -3.92. The Morgan fingerprint density at radius 1 is 1.31 bits per heavy atom. The van der Waals surface area contributed by atoms with Gasteiger partial charge >= 0.3 is 6.18 Å². The van der Waals surface area contributed by atoms with Crippen molar-refractivity contribution in [1.29, 1.82) is 0 Å². The van der Waals surface area contributed by atoms with Crippen LogP contribution < -0.4 is 20.1 Å². The van der Waals surface area contributed by atoms with Gasteiger partial charge in [-0.15, -0.1) is 24.0 Å². The van der Waals surface area contributed by atoms with Crippen LogP contribution in [-0.4, -0.2) is 58.4 Å². The number of alkyl halides is 3. The van der Waals surface area contributed by atoms with Gasteiger partial charge in [0.15, 0.2) is 33.9 Å². The van der Waals surface area contributed by atoms with E-state index in [0.29, 0.717) is 24.5 Å². The van der Waals surface area contributed by atoms with Gasteiger partial charge in [0.2, 0.25) is 0 Å². The summed E-state index contributed by atoms with van der Waals surface area (Å²) in [5.41, 5.74) is 0.701. The number of nitrogens with one attached hydrogen (secondary N) is 2. The summed E-state index contributed by atoms with van der Waals surface area (Å²) in [5.74, 6) is 0.864. The average molecular weight is 551 g/mol. The molecule has 1 aliphatic heterocycles. The van der Waals surface area contributed by atoms with Gasteiger partial charge in [-0.1, -0.05) is 6.07 Å². The van der Waals surface area contributed by atoms with E-state index in [1.165, 1.54) is 13.2 Å². The van der Waals surface area contributed by atoms with Gasteiger partial charge in [-0.3, -0.25) is 0 Å². The molecule has 0 aliphatic carbocycles. The minimum absolute atomic E-state index is 0. The second kappa shape index (κ2) is 11.1. The SMILES string of the molecule is CCNC(=NCc1ccc(OCC(F)(F)F)c(OC)c1)NC1CCS(=O)(=O)C1.I. The molecule has 2 N–H and O–H groups in total. The second-order valence-corrected chi connectivity index (χ2v) is 8.56. The summed E-state index contributed by atoms with van der Waals surface area (Å²) in [6.45, 7) is 1.31. The van der Waals surface area contributed by atoms with Crippen LogP contribution in [0, 0.1) is 0 Å². The van der Waals surface area contributed by atoms with Crippen LogP contribution in [0.3, 0.4) is 0 Å². The summed E-state index contributed by atoms with van der Waals surface area (Å²) in [5, 5.41) is 6.15. The van der Waals surface area contributed by atoms with Gasteiger partial charge in [-0.25, -0.2) is 13.4 Å². The lowest BCUT2D eigenvalue weighted by atomic mass is 10.2. The number of methoxy groups -OCH3 is 1. The molecular weight excluding hydrogens is 526 g/mol. The average Bonchev–Trinajstić information content (AvgIpc) is 2.96. The molecule has 166 valence electrons. The third-order valence-electron chi connectivity index (χ3n) is 3.96. The Labute approximate surface area is 185 Å². The van der Waals surface area contributed by atoms with E-state index in [9.17, 15) is 21.6 Å². The van der Waals surface area contributed by atoms with E-state index in [-0.39, 0.29) is 59.6 Å². The molecular formula is C17H25F3IN3O4S. The zero-order valence-corrected chi connectivity index (χ0v) is 19.2. The van der Waals surface area contributed by atoms with Crippen LogP contribution >= 0.6 is 24.0 Å². The summed E-state index contributed by atoms with van der Waals surface area (Å²) in [7, 11) is -1.67. The van der Waals surface area contributed by atoms with Crippen LogP contribution in [0.25, 0.3) is 0 Å². The van der Waals surface area contributed by atoms with E-state index in [4.69, 9.17) is 9.47 Å². The van der Waals surface area contributed by atoms with Crippen LogP contribution in [0.1, 0.15) is 18.9 Å². The predicted molar refractivity (Wildman–Crippen MR) is 115 cm³/mol. The van der Waals surface area contributed by atoms with E-state index in [2.05, 4.69) is 15.6 Å². The Balaban J connectivity index is 0.00000420. The monoisotopic (exact) mass is 551 g/mol. The molecule has 0 saturated carbocycles. The molecule has 0 bridgehead atoms. The van der Waals surface area contributed by atoms with Crippen molar-refractivity contribution in [2.45, 2.75) is 32.1 Å². The first kappa shape index (κ1) is 25.6. The Morgan fingerprint density at radius 3 is 2.59 bits per heavy atom. The smallest absolute Gasteiger partial charge is 0.422 e. The highest BCUT2D eigenvalue weighted by atomic mass is 127. The number of aliphatic imine (C=N–C) groups is 1. The highest BCUT2D eigenvalue weighted by molar-refractivity contribution is 14.0. The number of hydrogen-bond donors (Lipinski definition) is 2. The normalized spacial score (nSPS) is 18.7. The predicted octanol–water partition coefficient (Wildman–Crippen LogP) is 2.50. The fraction of sp³-hybridized carbons (Fsp3) is 0.588. The zero-order valence-electron chi connectivity index (χ0n) is 16.1. The standard InChI is InChI=1S/C17H24F3N3O4S.HI/c1-3-21-16(23-13-6-7-28(24,25)10-13)22-9-12-4-5-14(15(8-12)26-2)27-11-17(18,19)20;/h4-5,8,13H,3,6-7,9-11H2,1-2H3,(H2,21,22,23);1H. The molecule has 12 heteroatoms. The summed E-state index contributed by atoms with van der Waals surface area (Å²) in [6, 6.07) is 4.36. The molecule has 7 nitrogen and oxygen atoms in total. The van der Waals surface area contributed by atoms with Gasteiger partial charge in [0.25, 0.3) is 0 Å². The minimum Gasteiger partial charge on any atom is -0.493 e. The maximum atomic E-state index is 12.3. The van der Waals surface area contributed by atoms with Crippen molar-refractivity contribution in [3.63, 3.8) is 0 Å². The number of rotatable bonds is 7. The van der Waals surface area contributed by atoms with Crippen LogP contribution in [0.15, 0.2) is 23.2 Å². The van der Waals surface area contributed by atoms with Gasteiger partial charge in [0.05, 0.1) is 25.2 Å². The fourth-order valence-corrected chi connectivity index (χ4v) is 4.36. The molecule has 0 spiro atoms. The van der Waals surface area contributed by atoms with Crippen molar-refractivity contribution < 1.29 is 31.1 Å². The van der Waals surface area contributed by atoms with Crippen molar-refractivity contribution in [3.05, 3.63) is 23.8 Å². The van der Waals surface area contributed by atoms with E-state index in [1.54, 1.807) is 12.1 Å². The van der Waals surface area contributed by atoms with Crippen molar-refractivity contribution in [3.8, 4) is 11.5 Å². The first-order chi connectivity index (χ1) is 13.1. The van der Waals surface area contributed by atoms with Crippen molar-refractivity contribution in [2.24, 2.45) is 4.99 Å². The number of benzene rings is 1. The minimum atomic E-state index is -4.44. The third kappa shape index (κ3) is 8.84. The Morgan fingerprint density at radius 2 is 2.03 bits per heavy atom. The molecule has 1 fully saturated rings. The van der Waals surface area contributed by atoms with E-state index in [1.807, 2.05) is 6.92 Å².